The van der Waals surface area contributed by atoms with Gasteiger partial charge in [0, 0.05) is 17.1 Å². The fourth-order valence-electron chi connectivity index (χ4n) is 1.65. The van der Waals surface area contributed by atoms with Gasteiger partial charge in [-0.25, -0.2) is 4.39 Å². The molecule has 0 N–H and O–H groups in total. The maximum Gasteiger partial charge on any atom is 0.125 e. The van der Waals surface area contributed by atoms with Crippen LogP contribution in [-0.2, 0) is 0 Å². The van der Waals surface area contributed by atoms with Gasteiger partial charge in [-0.2, -0.15) is 0 Å². The number of hydrogen-bond acceptors (Lipinski definition) is 1. The summed E-state index contributed by atoms with van der Waals surface area (Å²) in [6, 6.07) is 4.75. The van der Waals surface area contributed by atoms with Gasteiger partial charge in [-0.05, 0) is 44.0 Å². The number of hydrogen-bond donors (Lipinski definition) is 0. The highest BCUT2D eigenvalue weighted by Gasteiger charge is 2.05. The van der Waals surface area contributed by atoms with E-state index in [2.05, 4.69) is 4.98 Å². The highest BCUT2D eigenvalue weighted by Crippen LogP contribution is 2.22. The summed E-state index contributed by atoms with van der Waals surface area (Å²) in [5.74, 6) is -0.229. The number of halogens is 1. The van der Waals surface area contributed by atoms with Crippen molar-refractivity contribution in [2.75, 3.05) is 0 Å². The molecule has 72 valence electrons. The lowest BCUT2D eigenvalue weighted by molar-refractivity contribution is 0.629. The lowest BCUT2D eigenvalue weighted by Gasteiger charge is -2.08. The summed E-state index contributed by atoms with van der Waals surface area (Å²) >= 11 is 0. The molecule has 2 rings (SSSR count). The van der Waals surface area contributed by atoms with E-state index < -0.39 is 0 Å². The van der Waals surface area contributed by atoms with Gasteiger partial charge in [-0.15, -0.1) is 0 Å². The smallest absolute Gasteiger partial charge is 0.125 e. The number of fused-ring (bicyclic) bond motifs is 1. The molecule has 0 spiro atoms. The van der Waals surface area contributed by atoms with E-state index in [0.29, 0.717) is 0 Å². The first-order valence-corrected chi connectivity index (χ1v) is 4.62. The summed E-state index contributed by atoms with van der Waals surface area (Å²) in [5, 5.41) is 1.04. The molecule has 0 unspecified atom stereocenters. The highest BCUT2D eigenvalue weighted by molar-refractivity contribution is 5.83. The van der Waals surface area contributed by atoms with Gasteiger partial charge in [-0.3, -0.25) is 4.98 Å². The van der Waals surface area contributed by atoms with E-state index in [4.69, 9.17) is 0 Å². The summed E-state index contributed by atoms with van der Waals surface area (Å²) < 4.78 is 13.0. The maximum absolute atomic E-state index is 13.0. The quantitative estimate of drug-likeness (QED) is 0.619. The molecule has 0 amide bonds. The zero-order valence-corrected chi connectivity index (χ0v) is 8.56. The van der Waals surface area contributed by atoms with Gasteiger partial charge in [0.2, 0.25) is 0 Å². The molecule has 1 aromatic heterocycles. The minimum absolute atomic E-state index is 0.229. The second-order valence-electron chi connectivity index (χ2n) is 3.61. The van der Waals surface area contributed by atoms with E-state index in [0.717, 1.165) is 16.6 Å². The molecule has 2 aromatic rings. The largest absolute Gasteiger partial charge is 0.253 e. The Morgan fingerprint density at radius 2 is 1.79 bits per heavy atom. The molecule has 14 heavy (non-hydrogen) atoms. The Kier molecular flexibility index (Phi) is 1.99. The second-order valence-corrected chi connectivity index (χ2v) is 3.61. The van der Waals surface area contributed by atoms with Crippen LogP contribution in [0, 0.1) is 26.6 Å². The molecule has 0 atom stereocenters. The molecule has 0 bridgehead atoms. The Labute approximate surface area is 82.6 Å². The fraction of sp³-hybridized carbons (Fsp3) is 0.250. The summed E-state index contributed by atoms with van der Waals surface area (Å²) in [5.41, 5.74) is 4.09. The van der Waals surface area contributed by atoms with Crippen LogP contribution in [-0.4, -0.2) is 4.98 Å². The van der Waals surface area contributed by atoms with Crippen LogP contribution in [0.4, 0.5) is 4.39 Å². The molecule has 2 heteroatoms. The molecule has 1 nitrogen and oxygen atoms in total. The van der Waals surface area contributed by atoms with Crippen molar-refractivity contribution in [1.82, 2.24) is 4.98 Å². The predicted molar refractivity (Wildman–Crippen MR) is 55.9 cm³/mol. The predicted octanol–water partition coefficient (Wildman–Crippen LogP) is 3.30. The molecule has 0 aliphatic carbocycles. The monoisotopic (exact) mass is 189 g/mol. The summed E-state index contributed by atoms with van der Waals surface area (Å²) in [6.07, 6.45) is 0. The van der Waals surface area contributed by atoms with Crippen LogP contribution in [0.15, 0.2) is 18.2 Å². The standard InChI is InChI=1S/C12H12FN/c1-7-8(2)11-5-4-10(13)6-12(11)14-9(7)3/h4-6H,1-3H3. The van der Waals surface area contributed by atoms with Gasteiger partial charge in [0.15, 0.2) is 0 Å². The Morgan fingerprint density at radius 3 is 2.50 bits per heavy atom. The average molecular weight is 189 g/mol. The highest BCUT2D eigenvalue weighted by atomic mass is 19.1. The number of aryl methyl sites for hydroxylation is 2. The third kappa shape index (κ3) is 1.27. The van der Waals surface area contributed by atoms with Crippen molar-refractivity contribution in [3.05, 3.63) is 40.8 Å². The molecule has 0 aliphatic rings. The number of nitrogens with zero attached hydrogens (tertiary/aromatic N) is 1. The van der Waals surface area contributed by atoms with E-state index in [1.807, 2.05) is 20.8 Å². The minimum Gasteiger partial charge on any atom is -0.253 e. The topological polar surface area (TPSA) is 12.9 Å². The van der Waals surface area contributed by atoms with Crippen LogP contribution in [0.1, 0.15) is 16.8 Å². The molecular weight excluding hydrogens is 177 g/mol. The van der Waals surface area contributed by atoms with Gasteiger partial charge < -0.3 is 0 Å². The lowest BCUT2D eigenvalue weighted by atomic mass is 10.0. The average Bonchev–Trinajstić information content (AvgIpc) is 2.14. The number of pyridine rings is 1. The first-order chi connectivity index (χ1) is 6.59. The van der Waals surface area contributed by atoms with Crippen LogP contribution >= 0.6 is 0 Å². The summed E-state index contributed by atoms with van der Waals surface area (Å²) in [6.45, 7) is 6.04. The third-order valence-electron chi connectivity index (χ3n) is 2.76. The normalized spacial score (nSPS) is 10.9. The van der Waals surface area contributed by atoms with Crippen molar-refractivity contribution < 1.29 is 4.39 Å². The van der Waals surface area contributed by atoms with Crippen molar-refractivity contribution >= 4 is 10.9 Å². The minimum atomic E-state index is -0.229. The van der Waals surface area contributed by atoms with Gasteiger partial charge >= 0.3 is 0 Å². The second kappa shape index (κ2) is 3.05. The van der Waals surface area contributed by atoms with Crippen molar-refractivity contribution in [2.24, 2.45) is 0 Å². The van der Waals surface area contributed by atoms with Gasteiger partial charge in [0.1, 0.15) is 5.82 Å². The van der Waals surface area contributed by atoms with Crippen LogP contribution in [0.5, 0.6) is 0 Å². The number of aromatic nitrogens is 1. The van der Waals surface area contributed by atoms with Crippen molar-refractivity contribution in [1.29, 1.82) is 0 Å². The molecule has 1 aromatic carbocycles. The van der Waals surface area contributed by atoms with Gasteiger partial charge in [0.05, 0.1) is 5.52 Å². The van der Waals surface area contributed by atoms with Crippen LogP contribution < -0.4 is 0 Å². The Morgan fingerprint density at radius 1 is 1.07 bits per heavy atom. The molecule has 0 saturated carbocycles. The molecule has 1 heterocycles. The lowest BCUT2D eigenvalue weighted by Crippen LogP contribution is -1.93. The molecule has 0 radical (unpaired) electrons. The maximum atomic E-state index is 13.0. The first kappa shape index (κ1) is 9.13. The Bertz CT molecular complexity index is 503. The molecule has 0 fully saturated rings. The zero-order valence-electron chi connectivity index (χ0n) is 8.56. The summed E-state index contributed by atoms with van der Waals surface area (Å²) in [7, 11) is 0. The van der Waals surface area contributed by atoms with Gasteiger partial charge in [0.25, 0.3) is 0 Å². The first-order valence-electron chi connectivity index (χ1n) is 4.62. The zero-order chi connectivity index (χ0) is 10.3. The molecular formula is C12H12FN. The van der Waals surface area contributed by atoms with Crippen LogP contribution in [0.2, 0.25) is 0 Å². The van der Waals surface area contributed by atoms with Crippen LogP contribution in [0.25, 0.3) is 10.9 Å². The number of benzene rings is 1. The SMILES string of the molecule is Cc1nc2cc(F)ccc2c(C)c1C. The molecule has 0 aliphatic heterocycles. The summed E-state index contributed by atoms with van der Waals surface area (Å²) in [4.78, 5) is 4.36. The number of rotatable bonds is 0. The van der Waals surface area contributed by atoms with E-state index in [-0.39, 0.29) is 5.82 Å². The van der Waals surface area contributed by atoms with E-state index in [1.54, 1.807) is 6.07 Å². The van der Waals surface area contributed by atoms with E-state index in [1.165, 1.54) is 23.3 Å². The van der Waals surface area contributed by atoms with Crippen molar-refractivity contribution in [3.8, 4) is 0 Å². The third-order valence-corrected chi connectivity index (χ3v) is 2.76. The van der Waals surface area contributed by atoms with E-state index in [9.17, 15) is 4.39 Å². The molecule has 0 saturated heterocycles. The Balaban J connectivity index is 2.91. The van der Waals surface area contributed by atoms with Crippen LogP contribution in [0.3, 0.4) is 0 Å². The van der Waals surface area contributed by atoms with Gasteiger partial charge in [-0.1, -0.05) is 0 Å². The fourth-order valence-corrected chi connectivity index (χ4v) is 1.65. The van der Waals surface area contributed by atoms with Crippen molar-refractivity contribution in [2.45, 2.75) is 20.8 Å². The Hall–Kier alpha value is -1.44. The van der Waals surface area contributed by atoms with Crippen molar-refractivity contribution in [3.63, 3.8) is 0 Å². The van der Waals surface area contributed by atoms with E-state index >= 15 is 0 Å².